The Morgan fingerprint density at radius 1 is 1.18 bits per heavy atom. The fourth-order valence-electron chi connectivity index (χ4n) is 2.85. The number of nitrogens with zero attached hydrogens (tertiary/aromatic N) is 1. The second-order valence-electron chi connectivity index (χ2n) is 6.10. The predicted octanol–water partition coefficient (Wildman–Crippen LogP) is 4.69. The van der Waals surface area contributed by atoms with E-state index >= 15 is 0 Å². The summed E-state index contributed by atoms with van der Waals surface area (Å²) in [6.45, 7) is 0. The lowest BCUT2D eigenvalue weighted by atomic mass is 9.96. The molecule has 4 nitrogen and oxygen atoms in total. The summed E-state index contributed by atoms with van der Waals surface area (Å²) in [6.07, 6.45) is 9.10. The van der Waals surface area contributed by atoms with Crippen molar-refractivity contribution in [1.29, 1.82) is 0 Å². The third-order valence-electron chi connectivity index (χ3n) is 4.17. The second kappa shape index (κ2) is 9.52. The molecule has 1 aliphatic rings. The summed E-state index contributed by atoms with van der Waals surface area (Å²) < 4.78 is 33.2. The monoisotopic (exact) mass is 401 g/mol. The number of benzene rings is 2. The van der Waals surface area contributed by atoms with Crippen molar-refractivity contribution in [2.24, 2.45) is 4.99 Å². The van der Waals surface area contributed by atoms with Gasteiger partial charge in [-0.3, -0.25) is 0 Å². The van der Waals surface area contributed by atoms with Gasteiger partial charge in [-0.05, 0) is 55.4 Å². The van der Waals surface area contributed by atoms with Crippen LogP contribution >= 0.6 is 11.8 Å². The highest BCUT2D eigenvalue weighted by Crippen LogP contribution is 2.35. The molecule has 0 aliphatic carbocycles. The number of hydrogen-bond acceptors (Lipinski definition) is 5. The summed E-state index contributed by atoms with van der Waals surface area (Å²) in [5.41, 5.74) is 2.77. The quantitative estimate of drug-likeness (QED) is 0.737. The molecule has 3 rings (SSSR count). The second-order valence-corrected chi connectivity index (χ2v) is 6.96. The van der Waals surface area contributed by atoms with Gasteiger partial charge in [0.2, 0.25) is 0 Å². The zero-order valence-electron chi connectivity index (χ0n) is 15.6. The summed E-state index contributed by atoms with van der Waals surface area (Å²) in [5, 5.41) is 6.17. The summed E-state index contributed by atoms with van der Waals surface area (Å²) in [7, 11) is 1.85. The van der Waals surface area contributed by atoms with Crippen molar-refractivity contribution in [2.45, 2.75) is 11.8 Å². The molecule has 2 aromatic carbocycles. The normalized spacial score (nSPS) is 20.3. The Kier molecular flexibility index (Phi) is 6.84. The molecule has 0 aromatic heterocycles. The average Bonchev–Trinajstić information content (AvgIpc) is 2.65. The van der Waals surface area contributed by atoms with Gasteiger partial charge in [-0.15, -0.1) is 0 Å². The van der Waals surface area contributed by atoms with E-state index in [-0.39, 0.29) is 11.8 Å². The summed E-state index contributed by atoms with van der Waals surface area (Å²) >= 11 is 1.71. The van der Waals surface area contributed by atoms with E-state index in [1.54, 1.807) is 30.5 Å². The molecule has 0 bridgehead atoms. The molecular weight excluding hydrogens is 380 g/mol. The van der Waals surface area contributed by atoms with Crippen LogP contribution in [0.3, 0.4) is 0 Å². The van der Waals surface area contributed by atoms with Crippen molar-refractivity contribution in [3.8, 4) is 11.5 Å². The highest BCUT2D eigenvalue weighted by atomic mass is 32.2. The van der Waals surface area contributed by atoms with Crippen LogP contribution in [0.1, 0.15) is 11.1 Å². The van der Waals surface area contributed by atoms with Gasteiger partial charge < -0.3 is 15.4 Å². The third-order valence-corrected chi connectivity index (χ3v) is 4.80. The van der Waals surface area contributed by atoms with E-state index in [1.165, 1.54) is 12.1 Å². The summed E-state index contributed by atoms with van der Waals surface area (Å²) in [4.78, 5) is 4.27. The maximum absolute atomic E-state index is 14.1. The van der Waals surface area contributed by atoms with Crippen LogP contribution in [0.15, 0.2) is 59.9 Å². The van der Waals surface area contributed by atoms with Crippen molar-refractivity contribution in [2.75, 3.05) is 13.3 Å². The van der Waals surface area contributed by atoms with E-state index in [9.17, 15) is 8.78 Å². The number of likely N-dealkylation sites (N-methyl/N-ethyl adjacent to an activating group) is 1. The van der Waals surface area contributed by atoms with Crippen LogP contribution in [0.4, 0.5) is 8.78 Å². The van der Waals surface area contributed by atoms with E-state index in [0.29, 0.717) is 5.75 Å². The predicted molar refractivity (Wildman–Crippen MR) is 112 cm³/mol. The number of ether oxygens (including phenoxy) is 1. The molecule has 0 radical (unpaired) electrons. The molecular formula is C21H21F2N3OS. The molecule has 1 aliphatic heterocycles. The fraction of sp³-hybridized carbons (Fsp3) is 0.190. The Bertz CT molecular complexity index is 928. The number of aliphatic imine (C=N–C) groups is 1. The average molecular weight is 401 g/mol. The number of rotatable bonds is 6. The Balaban J connectivity index is 2.08. The van der Waals surface area contributed by atoms with Crippen LogP contribution in [-0.4, -0.2) is 25.7 Å². The molecule has 28 heavy (non-hydrogen) atoms. The molecule has 0 amide bonds. The minimum Gasteiger partial charge on any atom is -0.454 e. The lowest BCUT2D eigenvalue weighted by Gasteiger charge is -2.21. The molecule has 1 unspecified atom stereocenters. The van der Waals surface area contributed by atoms with Crippen molar-refractivity contribution in [1.82, 2.24) is 10.6 Å². The van der Waals surface area contributed by atoms with Crippen molar-refractivity contribution >= 4 is 23.7 Å². The minimum atomic E-state index is -0.752. The number of halogens is 2. The first-order chi connectivity index (χ1) is 13.6. The van der Waals surface area contributed by atoms with Gasteiger partial charge in [0.05, 0.1) is 12.4 Å². The molecule has 146 valence electrons. The first-order valence-electron chi connectivity index (χ1n) is 8.69. The van der Waals surface area contributed by atoms with Gasteiger partial charge >= 0.3 is 0 Å². The van der Waals surface area contributed by atoms with Crippen LogP contribution in [-0.2, 0) is 5.75 Å². The Labute approximate surface area is 167 Å². The van der Waals surface area contributed by atoms with Gasteiger partial charge in [0.25, 0.3) is 0 Å². The SMILES string of the molecule is CNC1/C=C\N/C=N\C=C\1c1cc(CSC)ccc1Oc1ccc(F)cc1F. The van der Waals surface area contributed by atoms with Gasteiger partial charge in [0.15, 0.2) is 11.6 Å². The molecule has 0 saturated heterocycles. The zero-order chi connectivity index (χ0) is 19.9. The maximum Gasteiger partial charge on any atom is 0.168 e. The number of hydrogen-bond donors (Lipinski definition) is 2. The Morgan fingerprint density at radius 3 is 2.75 bits per heavy atom. The lowest BCUT2D eigenvalue weighted by molar-refractivity contribution is 0.436. The van der Waals surface area contributed by atoms with Crippen LogP contribution < -0.4 is 15.4 Å². The molecule has 0 saturated carbocycles. The Hall–Kier alpha value is -2.64. The van der Waals surface area contributed by atoms with Gasteiger partial charge in [-0.25, -0.2) is 13.8 Å². The maximum atomic E-state index is 14.1. The molecule has 1 atom stereocenters. The topological polar surface area (TPSA) is 45.7 Å². The molecule has 2 aromatic rings. The van der Waals surface area contributed by atoms with Crippen LogP contribution in [0.5, 0.6) is 11.5 Å². The lowest BCUT2D eigenvalue weighted by Crippen LogP contribution is -2.26. The van der Waals surface area contributed by atoms with Crippen LogP contribution in [0.25, 0.3) is 5.57 Å². The first kappa shape index (κ1) is 20.1. The van der Waals surface area contributed by atoms with E-state index in [0.717, 1.165) is 28.5 Å². The van der Waals surface area contributed by atoms with Crippen molar-refractivity contribution in [3.63, 3.8) is 0 Å². The first-order valence-corrected chi connectivity index (χ1v) is 10.1. The van der Waals surface area contributed by atoms with Gasteiger partial charge in [0.1, 0.15) is 11.6 Å². The van der Waals surface area contributed by atoms with Gasteiger partial charge in [-0.1, -0.05) is 6.07 Å². The van der Waals surface area contributed by atoms with Gasteiger partial charge in [-0.2, -0.15) is 11.8 Å². The smallest absolute Gasteiger partial charge is 0.168 e. The molecule has 2 N–H and O–H groups in total. The van der Waals surface area contributed by atoms with Crippen LogP contribution in [0.2, 0.25) is 0 Å². The molecule has 7 heteroatoms. The largest absolute Gasteiger partial charge is 0.454 e. The van der Waals surface area contributed by atoms with Gasteiger partial charge in [0, 0.05) is 29.2 Å². The molecule has 1 heterocycles. The van der Waals surface area contributed by atoms with E-state index < -0.39 is 11.6 Å². The van der Waals surface area contributed by atoms with E-state index in [4.69, 9.17) is 4.74 Å². The van der Waals surface area contributed by atoms with Crippen molar-refractivity contribution < 1.29 is 13.5 Å². The minimum absolute atomic E-state index is 0.0339. The highest BCUT2D eigenvalue weighted by Gasteiger charge is 2.19. The standard InChI is InChI=1S/C21H21F2N3OS/c1-24-19-7-8-25-13-26-11-17(19)16-9-14(12-28-2)3-5-20(16)27-21-6-4-15(22)10-18(21)23/h3-11,13,19,24H,12H2,1-2H3,(H,25,26)/b8-7-,17-11+. The van der Waals surface area contributed by atoms with Crippen LogP contribution in [0, 0.1) is 11.6 Å². The van der Waals surface area contributed by atoms with E-state index in [2.05, 4.69) is 15.6 Å². The third kappa shape index (κ3) is 4.79. The fourth-order valence-corrected chi connectivity index (χ4v) is 3.37. The highest BCUT2D eigenvalue weighted by molar-refractivity contribution is 7.97. The van der Waals surface area contributed by atoms with E-state index in [1.807, 2.05) is 37.6 Å². The molecule has 0 fully saturated rings. The number of nitrogens with one attached hydrogen (secondary N) is 2. The zero-order valence-corrected chi connectivity index (χ0v) is 16.4. The number of thioether (sulfide) groups is 1. The summed E-state index contributed by atoms with van der Waals surface area (Å²) in [6, 6.07) is 8.90. The molecule has 0 spiro atoms. The summed E-state index contributed by atoms with van der Waals surface area (Å²) in [5.74, 6) is -0.132. The Morgan fingerprint density at radius 2 is 2.00 bits per heavy atom. The van der Waals surface area contributed by atoms with Crippen molar-refractivity contribution in [3.05, 3.63) is 77.6 Å².